The topological polar surface area (TPSA) is 26.3 Å². The molecule has 2 nitrogen and oxygen atoms in total. The van der Waals surface area contributed by atoms with Crippen LogP contribution in [0.5, 0.6) is 0 Å². The third-order valence-electron chi connectivity index (χ3n) is 4.88. The van der Waals surface area contributed by atoms with Crippen molar-refractivity contribution in [2.75, 3.05) is 6.61 Å². The number of rotatable bonds is 7. The Bertz CT molecular complexity index is 691. The second-order valence-electron chi connectivity index (χ2n) is 6.18. The average Bonchev–Trinajstić information content (AvgIpc) is 2.58. The third-order valence-corrected chi connectivity index (χ3v) is 4.88. The standard InChI is InChI=1S/C21H26O2/c1-5-21(6-2,14-15-23-20(22)16(3)4)19-13-9-11-17-10-7-8-12-18(17)19/h7-13H,3,5-6,14-15H2,1-2,4H3. The molecule has 0 bridgehead atoms. The van der Waals surface area contributed by atoms with Gasteiger partial charge in [0.25, 0.3) is 0 Å². The van der Waals surface area contributed by atoms with Crippen LogP contribution in [0.15, 0.2) is 54.6 Å². The molecular formula is C21H26O2. The summed E-state index contributed by atoms with van der Waals surface area (Å²) < 4.78 is 5.36. The Hall–Kier alpha value is -2.09. The Balaban J connectivity index is 2.32. The molecule has 0 atom stereocenters. The van der Waals surface area contributed by atoms with E-state index in [9.17, 15) is 4.79 Å². The highest BCUT2D eigenvalue weighted by Gasteiger charge is 2.30. The molecule has 2 heteroatoms. The molecule has 0 saturated heterocycles. The van der Waals surface area contributed by atoms with E-state index in [4.69, 9.17) is 4.74 Å². The molecule has 2 aromatic carbocycles. The summed E-state index contributed by atoms with van der Waals surface area (Å²) in [5, 5.41) is 2.56. The van der Waals surface area contributed by atoms with E-state index >= 15 is 0 Å². The maximum atomic E-state index is 11.6. The van der Waals surface area contributed by atoms with Gasteiger partial charge in [0.1, 0.15) is 0 Å². The Morgan fingerprint density at radius 1 is 1.09 bits per heavy atom. The number of carbonyl (C=O) groups excluding carboxylic acids is 1. The van der Waals surface area contributed by atoms with Crippen LogP contribution in [0.25, 0.3) is 10.8 Å². The predicted octanol–water partition coefficient (Wildman–Crippen LogP) is 5.41. The first kappa shape index (κ1) is 17.3. The quantitative estimate of drug-likeness (QED) is 0.505. The minimum atomic E-state index is -0.302. The summed E-state index contributed by atoms with van der Waals surface area (Å²) in [5.41, 5.74) is 1.83. The van der Waals surface area contributed by atoms with Crippen molar-refractivity contribution in [1.29, 1.82) is 0 Å². The van der Waals surface area contributed by atoms with Gasteiger partial charge in [-0.25, -0.2) is 4.79 Å². The molecule has 0 aliphatic rings. The van der Waals surface area contributed by atoms with Crippen LogP contribution in [-0.2, 0) is 14.9 Å². The van der Waals surface area contributed by atoms with E-state index < -0.39 is 0 Å². The lowest BCUT2D eigenvalue weighted by atomic mass is 9.72. The fourth-order valence-corrected chi connectivity index (χ4v) is 3.27. The SMILES string of the molecule is C=C(C)C(=O)OCCC(CC)(CC)c1cccc2ccccc12. The molecule has 0 N–H and O–H groups in total. The van der Waals surface area contributed by atoms with Gasteiger partial charge in [0.2, 0.25) is 0 Å². The van der Waals surface area contributed by atoms with E-state index in [-0.39, 0.29) is 11.4 Å². The monoisotopic (exact) mass is 310 g/mol. The van der Waals surface area contributed by atoms with Crippen molar-refractivity contribution in [2.45, 2.75) is 45.4 Å². The van der Waals surface area contributed by atoms with Crippen LogP contribution in [0, 0.1) is 0 Å². The summed E-state index contributed by atoms with van der Waals surface area (Å²) in [7, 11) is 0. The van der Waals surface area contributed by atoms with Gasteiger partial charge in [0.05, 0.1) is 6.61 Å². The summed E-state index contributed by atoms with van der Waals surface area (Å²) in [5.74, 6) is -0.302. The van der Waals surface area contributed by atoms with Crippen LogP contribution >= 0.6 is 0 Å². The van der Waals surface area contributed by atoms with Crippen LogP contribution in [0.2, 0.25) is 0 Å². The number of carbonyl (C=O) groups is 1. The van der Waals surface area contributed by atoms with Crippen molar-refractivity contribution in [3.63, 3.8) is 0 Å². The fourth-order valence-electron chi connectivity index (χ4n) is 3.27. The van der Waals surface area contributed by atoms with E-state index in [0.717, 1.165) is 19.3 Å². The van der Waals surface area contributed by atoms with Crippen molar-refractivity contribution in [1.82, 2.24) is 0 Å². The largest absolute Gasteiger partial charge is 0.462 e. The highest BCUT2D eigenvalue weighted by Crippen LogP contribution is 2.39. The maximum Gasteiger partial charge on any atom is 0.333 e. The molecule has 0 spiro atoms. The number of hydrogen-bond acceptors (Lipinski definition) is 2. The zero-order valence-corrected chi connectivity index (χ0v) is 14.4. The number of benzene rings is 2. The van der Waals surface area contributed by atoms with Gasteiger partial charge in [-0.2, -0.15) is 0 Å². The molecule has 0 radical (unpaired) electrons. The summed E-state index contributed by atoms with van der Waals surface area (Å²) in [6, 6.07) is 15.0. The van der Waals surface area contributed by atoms with Gasteiger partial charge < -0.3 is 4.74 Å². The van der Waals surface area contributed by atoms with Crippen LogP contribution < -0.4 is 0 Å². The van der Waals surface area contributed by atoms with E-state index in [0.29, 0.717) is 12.2 Å². The van der Waals surface area contributed by atoms with Crippen LogP contribution in [0.4, 0.5) is 0 Å². The van der Waals surface area contributed by atoms with Crippen molar-refractivity contribution >= 4 is 16.7 Å². The molecule has 0 saturated carbocycles. The van der Waals surface area contributed by atoms with Gasteiger partial charge in [0.15, 0.2) is 0 Å². The highest BCUT2D eigenvalue weighted by atomic mass is 16.5. The fraction of sp³-hybridized carbons (Fsp3) is 0.381. The zero-order chi connectivity index (χ0) is 16.9. The van der Waals surface area contributed by atoms with Gasteiger partial charge in [-0.3, -0.25) is 0 Å². The van der Waals surface area contributed by atoms with Crippen molar-refractivity contribution in [3.05, 3.63) is 60.2 Å². The first-order chi connectivity index (χ1) is 11.0. The summed E-state index contributed by atoms with van der Waals surface area (Å²) in [6.07, 6.45) is 2.86. The molecule has 0 aromatic heterocycles. The summed E-state index contributed by atoms with van der Waals surface area (Å²) in [6.45, 7) is 10.2. The third kappa shape index (κ3) is 3.64. The number of hydrogen-bond donors (Lipinski definition) is 0. The van der Waals surface area contributed by atoms with Crippen molar-refractivity contribution < 1.29 is 9.53 Å². The second kappa shape index (κ2) is 7.45. The van der Waals surface area contributed by atoms with Gasteiger partial charge in [-0.15, -0.1) is 0 Å². The Morgan fingerprint density at radius 2 is 1.74 bits per heavy atom. The van der Waals surface area contributed by atoms with Crippen molar-refractivity contribution in [3.8, 4) is 0 Å². The summed E-state index contributed by atoms with van der Waals surface area (Å²) >= 11 is 0. The lowest BCUT2D eigenvalue weighted by Crippen LogP contribution is -2.27. The highest BCUT2D eigenvalue weighted by molar-refractivity contribution is 5.87. The van der Waals surface area contributed by atoms with Crippen molar-refractivity contribution in [2.24, 2.45) is 0 Å². The molecule has 122 valence electrons. The molecule has 0 heterocycles. The van der Waals surface area contributed by atoms with E-state index in [1.54, 1.807) is 6.92 Å². The zero-order valence-electron chi connectivity index (χ0n) is 14.4. The molecule has 0 aliphatic carbocycles. The summed E-state index contributed by atoms with van der Waals surface area (Å²) in [4.78, 5) is 11.6. The van der Waals surface area contributed by atoms with Crippen LogP contribution in [-0.4, -0.2) is 12.6 Å². The Morgan fingerprint density at radius 3 is 2.39 bits per heavy atom. The minimum absolute atomic E-state index is 0.0240. The molecule has 0 aliphatic heterocycles. The first-order valence-electron chi connectivity index (χ1n) is 8.35. The Labute approximate surface area is 139 Å². The second-order valence-corrected chi connectivity index (χ2v) is 6.18. The maximum absolute atomic E-state index is 11.6. The number of ether oxygens (including phenoxy) is 1. The molecule has 0 fully saturated rings. The molecular weight excluding hydrogens is 284 g/mol. The molecule has 2 rings (SSSR count). The smallest absolute Gasteiger partial charge is 0.333 e. The van der Waals surface area contributed by atoms with Gasteiger partial charge in [-0.05, 0) is 47.9 Å². The van der Waals surface area contributed by atoms with Gasteiger partial charge in [-0.1, -0.05) is 62.9 Å². The molecule has 23 heavy (non-hydrogen) atoms. The Kier molecular flexibility index (Phi) is 5.59. The average molecular weight is 310 g/mol. The van der Waals surface area contributed by atoms with Crippen LogP contribution in [0.3, 0.4) is 0 Å². The molecule has 0 unspecified atom stereocenters. The molecule has 0 amide bonds. The first-order valence-corrected chi connectivity index (χ1v) is 8.35. The lowest BCUT2D eigenvalue weighted by molar-refractivity contribution is -0.139. The van der Waals surface area contributed by atoms with E-state index in [1.165, 1.54) is 16.3 Å². The number of fused-ring (bicyclic) bond motifs is 1. The minimum Gasteiger partial charge on any atom is -0.462 e. The van der Waals surface area contributed by atoms with Crippen LogP contribution in [0.1, 0.15) is 45.6 Å². The predicted molar refractivity (Wildman–Crippen MR) is 96.6 cm³/mol. The number of esters is 1. The normalized spacial score (nSPS) is 11.4. The molecule has 2 aromatic rings. The van der Waals surface area contributed by atoms with Gasteiger partial charge >= 0.3 is 5.97 Å². The lowest BCUT2D eigenvalue weighted by Gasteiger charge is -2.33. The van der Waals surface area contributed by atoms with Gasteiger partial charge in [0, 0.05) is 5.57 Å². The van der Waals surface area contributed by atoms with E-state index in [1.807, 2.05) is 0 Å². The van der Waals surface area contributed by atoms with E-state index in [2.05, 4.69) is 62.9 Å².